The van der Waals surface area contributed by atoms with Crippen LogP contribution in [-0.2, 0) is 6.54 Å². The second-order valence-electron chi connectivity index (χ2n) is 7.48. The van der Waals surface area contributed by atoms with E-state index in [1.807, 2.05) is 43.4 Å². The van der Waals surface area contributed by atoms with E-state index in [1.54, 1.807) is 12.0 Å². The molecule has 0 aliphatic heterocycles. The van der Waals surface area contributed by atoms with Gasteiger partial charge in [0.1, 0.15) is 5.75 Å². The number of fused-ring (bicyclic) bond motifs is 1. The van der Waals surface area contributed by atoms with Crippen molar-refractivity contribution in [3.63, 3.8) is 0 Å². The van der Waals surface area contributed by atoms with Gasteiger partial charge in [0, 0.05) is 13.6 Å². The topological polar surface area (TPSA) is 41.6 Å². The van der Waals surface area contributed by atoms with E-state index in [2.05, 4.69) is 49.5 Å². The number of hydrogen-bond donors (Lipinski definition) is 1. The van der Waals surface area contributed by atoms with Crippen LogP contribution < -0.4 is 10.1 Å². The van der Waals surface area contributed by atoms with Gasteiger partial charge in [-0.05, 0) is 46.0 Å². The Morgan fingerprint density at radius 3 is 2.32 bits per heavy atom. The van der Waals surface area contributed by atoms with Crippen molar-refractivity contribution < 1.29 is 9.53 Å². The third-order valence-corrected chi connectivity index (χ3v) is 5.00. The van der Waals surface area contributed by atoms with Crippen LogP contribution in [-0.4, -0.2) is 25.1 Å². The number of carbonyl (C=O) groups is 1. The molecule has 3 aromatic rings. The van der Waals surface area contributed by atoms with Crippen molar-refractivity contribution in [2.24, 2.45) is 5.92 Å². The van der Waals surface area contributed by atoms with Gasteiger partial charge in [-0.2, -0.15) is 0 Å². The molecule has 0 aromatic heterocycles. The molecule has 3 rings (SSSR count). The zero-order chi connectivity index (χ0) is 20.1. The lowest BCUT2D eigenvalue weighted by Gasteiger charge is -2.27. The highest BCUT2D eigenvalue weighted by Gasteiger charge is 2.20. The van der Waals surface area contributed by atoms with Crippen LogP contribution in [0.15, 0.2) is 66.7 Å². The van der Waals surface area contributed by atoms with Gasteiger partial charge in [-0.3, -0.25) is 0 Å². The Morgan fingerprint density at radius 2 is 1.68 bits per heavy atom. The van der Waals surface area contributed by atoms with Gasteiger partial charge in [0.2, 0.25) is 0 Å². The molecule has 0 unspecified atom stereocenters. The van der Waals surface area contributed by atoms with Crippen LogP contribution in [0.1, 0.15) is 31.0 Å². The van der Waals surface area contributed by atoms with Gasteiger partial charge >= 0.3 is 6.03 Å². The predicted octanol–water partition coefficient (Wildman–Crippen LogP) is 5.39. The highest BCUT2D eigenvalue weighted by Crippen LogP contribution is 2.24. The molecule has 0 spiro atoms. The predicted molar refractivity (Wildman–Crippen MR) is 115 cm³/mol. The molecule has 28 heavy (non-hydrogen) atoms. The molecule has 1 atom stereocenters. The second kappa shape index (κ2) is 8.79. The molecular weight excluding hydrogens is 348 g/mol. The molecule has 0 heterocycles. The van der Waals surface area contributed by atoms with Crippen LogP contribution in [0.5, 0.6) is 5.75 Å². The Balaban J connectivity index is 1.69. The maximum absolute atomic E-state index is 12.8. The zero-order valence-corrected chi connectivity index (χ0v) is 17.0. The standard InChI is InChI=1S/C24H28N2O2/c1-17(2)23(20-11-13-22(28-4)14-12-20)25-24(27)26(3)16-18-9-10-19-7-5-6-8-21(19)15-18/h5-15,17,23H,16H2,1-4H3,(H,25,27)/t23-/m0/s1. The first-order valence-corrected chi connectivity index (χ1v) is 9.61. The summed E-state index contributed by atoms with van der Waals surface area (Å²) in [5.41, 5.74) is 2.19. The van der Waals surface area contributed by atoms with Crippen LogP contribution in [0.4, 0.5) is 4.79 Å². The van der Waals surface area contributed by atoms with Crippen molar-refractivity contribution in [3.8, 4) is 5.75 Å². The van der Waals surface area contributed by atoms with Crippen molar-refractivity contribution >= 4 is 16.8 Å². The molecule has 0 radical (unpaired) electrons. The van der Waals surface area contributed by atoms with E-state index in [4.69, 9.17) is 4.74 Å². The van der Waals surface area contributed by atoms with E-state index >= 15 is 0 Å². The van der Waals surface area contributed by atoms with Crippen LogP contribution >= 0.6 is 0 Å². The third-order valence-electron chi connectivity index (χ3n) is 5.00. The summed E-state index contributed by atoms with van der Waals surface area (Å²) < 4.78 is 5.23. The SMILES string of the molecule is COc1ccc([C@@H](NC(=O)N(C)Cc2ccc3ccccc3c2)C(C)C)cc1. The zero-order valence-electron chi connectivity index (χ0n) is 17.0. The number of urea groups is 1. The van der Waals surface area contributed by atoms with E-state index in [-0.39, 0.29) is 18.0 Å². The third kappa shape index (κ3) is 4.63. The summed E-state index contributed by atoms with van der Waals surface area (Å²) in [6, 6.07) is 22.3. The van der Waals surface area contributed by atoms with Crippen LogP contribution in [0, 0.1) is 5.92 Å². The lowest BCUT2D eigenvalue weighted by Crippen LogP contribution is -2.40. The number of methoxy groups -OCH3 is 1. The number of benzene rings is 3. The fourth-order valence-corrected chi connectivity index (χ4v) is 3.37. The Kier molecular flexibility index (Phi) is 6.19. The van der Waals surface area contributed by atoms with Crippen LogP contribution in [0.25, 0.3) is 10.8 Å². The quantitative estimate of drug-likeness (QED) is 0.627. The largest absolute Gasteiger partial charge is 0.497 e. The van der Waals surface area contributed by atoms with E-state index in [1.165, 1.54) is 10.8 Å². The van der Waals surface area contributed by atoms with Crippen molar-refractivity contribution in [2.75, 3.05) is 14.2 Å². The average molecular weight is 377 g/mol. The van der Waals surface area contributed by atoms with E-state index in [0.29, 0.717) is 6.54 Å². The molecule has 0 bridgehead atoms. The van der Waals surface area contributed by atoms with Gasteiger partial charge in [-0.1, -0.05) is 62.4 Å². The Bertz CT molecular complexity index is 935. The second-order valence-corrected chi connectivity index (χ2v) is 7.48. The van der Waals surface area contributed by atoms with E-state index in [9.17, 15) is 4.79 Å². The smallest absolute Gasteiger partial charge is 0.317 e. The van der Waals surface area contributed by atoms with Crippen molar-refractivity contribution in [1.82, 2.24) is 10.2 Å². The number of nitrogens with zero attached hydrogens (tertiary/aromatic N) is 1. The molecule has 0 saturated heterocycles. The molecule has 1 N–H and O–H groups in total. The van der Waals surface area contributed by atoms with Gasteiger partial charge in [0.25, 0.3) is 0 Å². The summed E-state index contributed by atoms with van der Waals surface area (Å²) in [7, 11) is 3.48. The molecule has 4 nitrogen and oxygen atoms in total. The maximum atomic E-state index is 12.8. The Morgan fingerprint density at radius 1 is 1.00 bits per heavy atom. The molecule has 146 valence electrons. The van der Waals surface area contributed by atoms with Crippen molar-refractivity contribution in [3.05, 3.63) is 77.9 Å². The summed E-state index contributed by atoms with van der Waals surface area (Å²) >= 11 is 0. The molecule has 0 aliphatic rings. The van der Waals surface area contributed by atoms with Gasteiger partial charge in [-0.15, -0.1) is 0 Å². The van der Waals surface area contributed by atoms with E-state index in [0.717, 1.165) is 16.9 Å². The molecule has 0 fully saturated rings. The number of ether oxygens (including phenoxy) is 1. The highest BCUT2D eigenvalue weighted by atomic mass is 16.5. The average Bonchev–Trinajstić information content (AvgIpc) is 2.71. The number of rotatable bonds is 6. The first-order valence-electron chi connectivity index (χ1n) is 9.61. The lowest BCUT2D eigenvalue weighted by atomic mass is 9.96. The van der Waals surface area contributed by atoms with Gasteiger partial charge in [0.15, 0.2) is 0 Å². The molecule has 2 amide bonds. The first kappa shape index (κ1) is 19.7. The number of amides is 2. The van der Waals surface area contributed by atoms with Crippen LogP contribution in [0.2, 0.25) is 0 Å². The minimum Gasteiger partial charge on any atom is -0.497 e. The minimum absolute atomic E-state index is 0.0579. The summed E-state index contributed by atoms with van der Waals surface area (Å²) in [4.78, 5) is 14.5. The Hall–Kier alpha value is -3.01. The van der Waals surface area contributed by atoms with Crippen molar-refractivity contribution in [2.45, 2.75) is 26.4 Å². The number of nitrogens with one attached hydrogen (secondary N) is 1. The summed E-state index contributed by atoms with van der Waals surface area (Å²) in [6.07, 6.45) is 0. The fraction of sp³-hybridized carbons (Fsp3) is 0.292. The Labute approximate surface area is 167 Å². The summed E-state index contributed by atoms with van der Waals surface area (Å²) in [5.74, 6) is 1.08. The maximum Gasteiger partial charge on any atom is 0.317 e. The number of carbonyl (C=O) groups excluding carboxylic acids is 1. The van der Waals surface area contributed by atoms with E-state index < -0.39 is 0 Å². The van der Waals surface area contributed by atoms with Gasteiger partial charge in [-0.25, -0.2) is 4.79 Å². The lowest BCUT2D eigenvalue weighted by molar-refractivity contribution is 0.199. The fourth-order valence-electron chi connectivity index (χ4n) is 3.37. The highest BCUT2D eigenvalue weighted by molar-refractivity contribution is 5.83. The minimum atomic E-state index is -0.0809. The molecule has 0 aliphatic carbocycles. The summed E-state index contributed by atoms with van der Waals surface area (Å²) in [5, 5.41) is 5.57. The number of hydrogen-bond acceptors (Lipinski definition) is 2. The molecule has 0 saturated carbocycles. The van der Waals surface area contributed by atoms with Crippen LogP contribution in [0.3, 0.4) is 0 Å². The van der Waals surface area contributed by atoms with Crippen molar-refractivity contribution in [1.29, 1.82) is 0 Å². The normalized spacial score (nSPS) is 12.0. The summed E-state index contributed by atoms with van der Waals surface area (Å²) in [6.45, 7) is 4.78. The molecule has 4 heteroatoms. The molecule has 3 aromatic carbocycles. The van der Waals surface area contributed by atoms with Gasteiger partial charge < -0.3 is 15.0 Å². The molecular formula is C24H28N2O2. The van der Waals surface area contributed by atoms with Gasteiger partial charge in [0.05, 0.1) is 13.2 Å². The first-order chi connectivity index (χ1) is 13.5. The monoisotopic (exact) mass is 376 g/mol.